The van der Waals surface area contributed by atoms with Crippen LogP contribution in [0.15, 0.2) is 21.5 Å². The van der Waals surface area contributed by atoms with Crippen molar-refractivity contribution in [2.45, 2.75) is 31.8 Å². The largest absolute Gasteiger partial charge is 0.388 e. The first kappa shape index (κ1) is 14.0. The van der Waals surface area contributed by atoms with E-state index in [2.05, 4.69) is 15.9 Å². The van der Waals surface area contributed by atoms with Crippen molar-refractivity contribution in [3.63, 3.8) is 0 Å². The molecule has 0 saturated carbocycles. The molecular formula is C12H16BrFOS. The lowest BCUT2D eigenvalue weighted by molar-refractivity contribution is 0.0590. The van der Waals surface area contributed by atoms with Crippen LogP contribution in [0.3, 0.4) is 0 Å². The van der Waals surface area contributed by atoms with E-state index in [-0.39, 0.29) is 11.2 Å². The summed E-state index contributed by atoms with van der Waals surface area (Å²) in [5.41, 5.74) is -0.0247. The summed E-state index contributed by atoms with van der Waals surface area (Å²) in [5, 5.41) is 10.1. The minimum atomic E-state index is -0.809. The zero-order chi connectivity index (χ0) is 12.5. The number of thioether (sulfide) groups is 1. The highest BCUT2D eigenvalue weighted by Crippen LogP contribution is 2.37. The summed E-state index contributed by atoms with van der Waals surface area (Å²) < 4.78 is 14.8. The van der Waals surface area contributed by atoms with Crippen LogP contribution >= 0.6 is 27.7 Å². The van der Waals surface area contributed by atoms with Gasteiger partial charge in [0, 0.05) is 14.9 Å². The molecule has 0 aliphatic rings. The number of aliphatic hydroxyl groups excluding tert-OH is 1. The summed E-state index contributed by atoms with van der Waals surface area (Å²) in [6.07, 6.45) is 1.01. The van der Waals surface area contributed by atoms with Crippen LogP contribution in [-0.2, 0) is 0 Å². The molecule has 0 spiro atoms. The Labute approximate surface area is 109 Å². The van der Waals surface area contributed by atoms with Gasteiger partial charge in [0.25, 0.3) is 0 Å². The lowest BCUT2D eigenvalue weighted by Gasteiger charge is -2.27. The fourth-order valence-corrected chi connectivity index (χ4v) is 2.57. The number of halogens is 2. The lowest BCUT2D eigenvalue weighted by Crippen LogP contribution is -2.19. The van der Waals surface area contributed by atoms with Crippen molar-refractivity contribution in [2.75, 3.05) is 6.26 Å². The van der Waals surface area contributed by atoms with Crippen molar-refractivity contribution < 1.29 is 9.50 Å². The van der Waals surface area contributed by atoms with Gasteiger partial charge in [-0.1, -0.05) is 36.7 Å². The quantitative estimate of drug-likeness (QED) is 0.818. The SMILES string of the molecule is CSc1cc(Br)cc(C(O)C(C)(C)C)c1F. The van der Waals surface area contributed by atoms with Crippen LogP contribution in [0.1, 0.15) is 32.4 Å². The van der Waals surface area contributed by atoms with Crippen LogP contribution in [0.2, 0.25) is 0 Å². The molecule has 1 atom stereocenters. The van der Waals surface area contributed by atoms with Crippen molar-refractivity contribution in [1.82, 2.24) is 0 Å². The number of aliphatic hydroxyl groups is 1. The molecule has 0 aliphatic carbocycles. The third-order valence-corrected chi connectivity index (χ3v) is 3.56. The second kappa shape index (κ2) is 5.07. The van der Waals surface area contributed by atoms with Gasteiger partial charge in [0.05, 0.1) is 6.10 Å². The van der Waals surface area contributed by atoms with Crippen LogP contribution in [0.5, 0.6) is 0 Å². The van der Waals surface area contributed by atoms with Gasteiger partial charge in [0.15, 0.2) is 0 Å². The van der Waals surface area contributed by atoms with Gasteiger partial charge in [-0.3, -0.25) is 0 Å². The molecule has 1 N–H and O–H groups in total. The fraction of sp³-hybridized carbons (Fsp3) is 0.500. The Morgan fingerprint density at radius 3 is 2.38 bits per heavy atom. The van der Waals surface area contributed by atoms with Crippen LogP contribution in [-0.4, -0.2) is 11.4 Å². The first-order chi connectivity index (χ1) is 7.27. The van der Waals surface area contributed by atoms with Crippen molar-refractivity contribution in [3.8, 4) is 0 Å². The van der Waals surface area contributed by atoms with E-state index in [4.69, 9.17) is 0 Å². The van der Waals surface area contributed by atoms with Crippen LogP contribution in [0.25, 0.3) is 0 Å². The molecule has 1 nitrogen and oxygen atoms in total. The maximum Gasteiger partial charge on any atom is 0.142 e. The Kier molecular flexibility index (Phi) is 4.43. The van der Waals surface area contributed by atoms with E-state index in [0.717, 1.165) is 4.47 Å². The van der Waals surface area contributed by atoms with Crippen molar-refractivity contribution in [3.05, 3.63) is 28.0 Å². The first-order valence-electron chi connectivity index (χ1n) is 4.98. The summed E-state index contributed by atoms with van der Waals surface area (Å²) in [6.45, 7) is 5.66. The van der Waals surface area contributed by atoms with Gasteiger partial charge in [-0.25, -0.2) is 4.39 Å². The molecule has 0 aromatic heterocycles. The summed E-state index contributed by atoms with van der Waals surface area (Å²) in [5.74, 6) is -0.321. The summed E-state index contributed by atoms with van der Waals surface area (Å²) in [4.78, 5) is 0.549. The molecular weight excluding hydrogens is 291 g/mol. The molecule has 0 aliphatic heterocycles. The van der Waals surface area contributed by atoms with Gasteiger partial charge in [0.2, 0.25) is 0 Å². The number of hydrogen-bond donors (Lipinski definition) is 1. The molecule has 4 heteroatoms. The molecule has 1 aromatic carbocycles. The van der Waals surface area contributed by atoms with Gasteiger partial charge >= 0.3 is 0 Å². The van der Waals surface area contributed by atoms with Gasteiger partial charge in [-0.15, -0.1) is 11.8 Å². The normalized spacial score (nSPS) is 13.9. The van der Waals surface area contributed by atoms with E-state index >= 15 is 0 Å². The van der Waals surface area contributed by atoms with Crippen LogP contribution in [0.4, 0.5) is 4.39 Å². The second-order valence-electron chi connectivity index (χ2n) is 4.78. The van der Waals surface area contributed by atoms with E-state index < -0.39 is 6.10 Å². The molecule has 1 unspecified atom stereocenters. The number of rotatable bonds is 2. The zero-order valence-corrected chi connectivity index (χ0v) is 12.2. The Balaban J connectivity index is 3.28. The molecule has 0 saturated heterocycles. The van der Waals surface area contributed by atoms with Crippen LogP contribution in [0, 0.1) is 11.2 Å². The Hall–Kier alpha value is -0.0600. The number of benzene rings is 1. The van der Waals surface area contributed by atoms with E-state index in [0.29, 0.717) is 10.5 Å². The maximum atomic E-state index is 14.0. The predicted molar refractivity (Wildman–Crippen MR) is 70.3 cm³/mol. The lowest BCUT2D eigenvalue weighted by atomic mass is 9.84. The minimum Gasteiger partial charge on any atom is -0.388 e. The second-order valence-corrected chi connectivity index (χ2v) is 6.54. The average Bonchev–Trinajstić information content (AvgIpc) is 2.18. The standard InChI is InChI=1S/C12H16BrFOS/c1-12(2,3)11(15)8-5-7(13)6-9(16-4)10(8)14/h5-6,11,15H,1-4H3. The molecule has 1 rings (SSSR count). The van der Waals surface area contributed by atoms with Crippen LogP contribution < -0.4 is 0 Å². The van der Waals surface area contributed by atoms with Crippen molar-refractivity contribution >= 4 is 27.7 Å². The predicted octanol–water partition coefficient (Wildman–Crippen LogP) is 4.39. The number of hydrogen-bond acceptors (Lipinski definition) is 2. The third kappa shape index (κ3) is 2.99. The van der Waals surface area contributed by atoms with Crippen molar-refractivity contribution in [1.29, 1.82) is 0 Å². The third-order valence-electron chi connectivity index (χ3n) is 2.37. The zero-order valence-electron chi connectivity index (χ0n) is 9.84. The molecule has 0 fully saturated rings. The van der Waals surface area contributed by atoms with Gasteiger partial charge in [-0.2, -0.15) is 0 Å². The Morgan fingerprint density at radius 2 is 1.94 bits per heavy atom. The Bertz CT molecular complexity index is 387. The van der Waals surface area contributed by atoms with Crippen molar-refractivity contribution in [2.24, 2.45) is 5.41 Å². The highest BCUT2D eigenvalue weighted by molar-refractivity contribution is 9.10. The summed E-state index contributed by atoms with van der Waals surface area (Å²) in [6, 6.07) is 3.36. The molecule has 0 bridgehead atoms. The summed E-state index contributed by atoms with van der Waals surface area (Å²) >= 11 is 4.67. The highest BCUT2D eigenvalue weighted by atomic mass is 79.9. The fourth-order valence-electron chi connectivity index (χ4n) is 1.40. The first-order valence-corrected chi connectivity index (χ1v) is 7.00. The molecule has 1 aromatic rings. The molecule has 0 radical (unpaired) electrons. The molecule has 90 valence electrons. The Morgan fingerprint density at radius 1 is 1.38 bits per heavy atom. The van der Waals surface area contributed by atoms with E-state index in [1.165, 1.54) is 11.8 Å². The van der Waals surface area contributed by atoms with Gasteiger partial charge in [0.1, 0.15) is 5.82 Å². The topological polar surface area (TPSA) is 20.2 Å². The molecule has 16 heavy (non-hydrogen) atoms. The van der Waals surface area contributed by atoms with Gasteiger partial charge in [-0.05, 0) is 23.8 Å². The molecule has 0 amide bonds. The smallest absolute Gasteiger partial charge is 0.142 e. The van der Waals surface area contributed by atoms with E-state index in [1.54, 1.807) is 12.1 Å². The molecule has 0 heterocycles. The monoisotopic (exact) mass is 306 g/mol. The minimum absolute atomic E-state index is 0.321. The highest BCUT2D eigenvalue weighted by Gasteiger charge is 2.27. The van der Waals surface area contributed by atoms with E-state index in [9.17, 15) is 9.50 Å². The maximum absolute atomic E-state index is 14.0. The van der Waals surface area contributed by atoms with Gasteiger partial charge < -0.3 is 5.11 Å². The summed E-state index contributed by atoms with van der Waals surface area (Å²) in [7, 11) is 0. The van der Waals surface area contributed by atoms with E-state index in [1.807, 2.05) is 27.0 Å². The average molecular weight is 307 g/mol.